The molecule has 1 aliphatic rings. The summed E-state index contributed by atoms with van der Waals surface area (Å²) in [5, 5.41) is 11.7. The van der Waals surface area contributed by atoms with Crippen LogP contribution in [0.15, 0.2) is 11.4 Å². The van der Waals surface area contributed by atoms with Crippen LogP contribution in [-0.4, -0.2) is 34.0 Å². The molecular weight excluding hydrogens is 286 g/mol. The largest absolute Gasteiger partial charge is 0.479 e. The Morgan fingerprint density at radius 1 is 1.58 bits per heavy atom. The van der Waals surface area contributed by atoms with E-state index >= 15 is 0 Å². The highest BCUT2D eigenvalue weighted by Crippen LogP contribution is 2.37. The number of likely N-dealkylation sites (tertiary alicyclic amines) is 1. The summed E-state index contributed by atoms with van der Waals surface area (Å²) in [6.07, 6.45) is 2.46. The van der Waals surface area contributed by atoms with Crippen molar-refractivity contribution in [2.45, 2.75) is 38.1 Å². The zero-order valence-corrected chi connectivity index (χ0v) is 12.3. The number of carboxylic acids is 1. The first-order chi connectivity index (χ1) is 9.03. The topological polar surface area (TPSA) is 57.6 Å². The summed E-state index contributed by atoms with van der Waals surface area (Å²) in [6.45, 7) is 2.42. The quantitative estimate of drug-likeness (QED) is 0.928. The predicted molar refractivity (Wildman–Crippen MR) is 74.9 cm³/mol. The normalized spacial score (nSPS) is 22.7. The molecule has 0 aromatic carbocycles. The molecular formula is C13H16ClNO3S. The molecule has 0 saturated carbocycles. The van der Waals surface area contributed by atoms with E-state index in [0.717, 1.165) is 12.8 Å². The van der Waals surface area contributed by atoms with Crippen LogP contribution in [0.2, 0.25) is 5.02 Å². The van der Waals surface area contributed by atoms with Crippen LogP contribution in [0.1, 0.15) is 42.3 Å². The van der Waals surface area contributed by atoms with E-state index in [4.69, 9.17) is 11.6 Å². The van der Waals surface area contributed by atoms with Gasteiger partial charge in [-0.15, -0.1) is 11.3 Å². The third-order valence-corrected chi connectivity index (χ3v) is 4.94. The van der Waals surface area contributed by atoms with Gasteiger partial charge < -0.3 is 10.0 Å². The van der Waals surface area contributed by atoms with Crippen molar-refractivity contribution in [3.05, 3.63) is 21.3 Å². The van der Waals surface area contributed by atoms with Gasteiger partial charge in [-0.25, -0.2) is 4.79 Å². The number of thiophene rings is 1. The van der Waals surface area contributed by atoms with Crippen molar-refractivity contribution in [3.8, 4) is 0 Å². The van der Waals surface area contributed by atoms with E-state index in [-0.39, 0.29) is 5.91 Å². The number of rotatable bonds is 4. The molecule has 1 atom stereocenters. The van der Waals surface area contributed by atoms with Gasteiger partial charge in [0.1, 0.15) is 10.4 Å². The average molecular weight is 302 g/mol. The lowest BCUT2D eigenvalue weighted by Crippen LogP contribution is -2.52. The fourth-order valence-corrected chi connectivity index (χ4v) is 3.83. The summed E-state index contributed by atoms with van der Waals surface area (Å²) in [6, 6.07) is 1.66. The van der Waals surface area contributed by atoms with Crippen LogP contribution >= 0.6 is 22.9 Å². The Balaban J connectivity index is 2.35. The van der Waals surface area contributed by atoms with Crippen LogP contribution in [0.25, 0.3) is 0 Å². The molecule has 4 nitrogen and oxygen atoms in total. The SMILES string of the molecule is CCCC1(C(=O)O)CCCN1C(=O)c1sccc1Cl. The Bertz CT molecular complexity index is 502. The zero-order valence-electron chi connectivity index (χ0n) is 10.7. The first-order valence-corrected chi connectivity index (χ1v) is 7.57. The van der Waals surface area contributed by atoms with E-state index in [1.54, 1.807) is 11.4 Å². The van der Waals surface area contributed by atoms with Crippen molar-refractivity contribution in [3.63, 3.8) is 0 Å². The molecule has 0 radical (unpaired) electrons. The van der Waals surface area contributed by atoms with Crippen LogP contribution in [0.4, 0.5) is 0 Å². The smallest absolute Gasteiger partial charge is 0.329 e. The number of halogens is 1. The molecule has 19 heavy (non-hydrogen) atoms. The molecule has 6 heteroatoms. The summed E-state index contributed by atoms with van der Waals surface area (Å²) in [5.41, 5.74) is -1.06. The zero-order chi connectivity index (χ0) is 14.0. The van der Waals surface area contributed by atoms with Crippen molar-refractivity contribution in [2.24, 2.45) is 0 Å². The summed E-state index contributed by atoms with van der Waals surface area (Å²) in [7, 11) is 0. The highest BCUT2D eigenvalue weighted by atomic mass is 35.5. The molecule has 1 fully saturated rings. The maximum Gasteiger partial charge on any atom is 0.329 e. The van der Waals surface area contributed by atoms with E-state index in [1.165, 1.54) is 16.2 Å². The first-order valence-electron chi connectivity index (χ1n) is 6.31. The van der Waals surface area contributed by atoms with Gasteiger partial charge in [0.25, 0.3) is 5.91 Å². The molecule has 1 unspecified atom stereocenters. The van der Waals surface area contributed by atoms with Gasteiger partial charge in [0.05, 0.1) is 5.02 Å². The van der Waals surface area contributed by atoms with Gasteiger partial charge in [-0.3, -0.25) is 4.79 Å². The maximum absolute atomic E-state index is 12.5. The number of nitrogens with zero attached hydrogens (tertiary/aromatic N) is 1. The van der Waals surface area contributed by atoms with E-state index in [2.05, 4.69) is 0 Å². The second-order valence-electron chi connectivity index (χ2n) is 4.74. The van der Waals surface area contributed by atoms with Crippen molar-refractivity contribution in [1.82, 2.24) is 4.90 Å². The number of hydrogen-bond donors (Lipinski definition) is 1. The number of aliphatic carboxylic acids is 1. The summed E-state index contributed by atoms with van der Waals surface area (Å²) in [5.74, 6) is -1.17. The minimum absolute atomic E-state index is 0.256. The van der Waals surface area contributed by atoms with E-state index in [1.807, 2.05) is 6.92 Å². The summed E-state index contributed by atoms with van der Waals surface area (Å²) < 4.78 is 0. The van der Waals surface area contributed by atoms with Crippen LogP contribution < -0.4 is 0 Å². The third-order valence-electron chi connectivity index (χ3n) is 3.61. The van der Waals surface area contributed by atoms with Gasteiger partial charge >= 0.3 is 5.97 Å². The lowest BCUT2D eigenvalue weighted by Gasteiger charge is -2.34. The minimum Gasteiger partial charge on any atom is -0.479 e. The van der Waals surface area contributed by atoms with Crippen molar-refractivity contribution in [1.29, 1.82) is 0 Å². The molecule has 0 aliphatic carbocycles. The minimum atomic E-state index is -1.06. The van der Waals surface area contributed by atoms with E-state index in [9.17, 15) is 14.7 Å². The Labute approximate surface area is 121 Å². The van der Waals surface area contributed by atoms with Crippen LogP contribution in [0.3, 0.4) is 0 Å². The summed E-state index contributed by atoms with van der Waals surface area (Å²) >= 11 is 7.24. The number of carbonyl (C=O) groups excluding carboxylic acids is 1. The monoisotopic (exact) mass is 301 g/mol. The summed E-state index contributed by atoms with van der Waals surface area (Å²) in [4.78, 5) is 26.1. The Morgan fingerprint density at radius 2 is 2.32 bits per heavy atom. The lowest BCUT2D eigenvalue weighted by atomic mass is 9.90. The third kappa shape index (κ3) is 2.37. The maximum atomic E-state index is 12.5. The molecule has 0 spiro atoms. The van der Waals surface area contributed by atoms with Crippen LogP contribution in [0.5, 0.6) is 0 Å². The second-order valence-corrected chi connectivity index (χ2v) is 6.07. The number of carbonyl (C=O) groups is 2. The Kier molecular flexibility index (Phi) is 4.16. The van der Waals surface area contributed by atoms with E-state index < -0.39 is 11.5 Å². The second kappa shape index (κ2) is 5.51. The molecule has 1 amide bonds. The number of hydrogen-bond acceptors (Lipinski definition) is 3. The van der Waals surface area contributed by atoms with E-state index in [0.29, 0.717) is 29.3 Å². The van der Waals surface area contributed by atoms with Crippen molar-refractivity contribution < 1.29 is 14.7 Å². The van der Waals surface area contributed by atoms with Gasteiger partial charge in [0, 0.05) is 6.54 Å². The molecule has 1 aromatic rings. The van der Waals surface area contributed by atoms with Gasteiger partial charge in [-0.05, 0) is 30.7 Å². The van der Waals surface area contributed by atoms with Crippen molar-refractivity contribution in [2.75, 3.05) is 6.54 Å². The first kappa shape index (κ1) is 14.3. The molecule has 0 bridgehead atoms. The predicted octanol–water partition coefficient (Wildman–Crippen LogP) is 3.26. The molecule has 1 N–H and O–H groups in total. The van der Waals surface area contributed by atoms with Crippen LogP contribution in [0, 0.1) is 0 Å². The van der Waals surface area contributed by atoms with Gasteiger partial charge in [-0.2, -0.15) is 0 Å². The molecule has 2 rings (SSSR count). The fourth-order valence-electron chi connectivity index (χ4n) is 2.75. The highest BCUT2D eigenvalue weighted by molar-refractivity contribution is 7.12. The molecule has 1 aromatic heterocycles. The number of carboxylic acid groups (broad SMARTS) is 1. The molecule has 1 aliphatic heterocycles. The van der Waals surface area contributed by atoms with Gasteiger partial charge in [-0.1, -0.05) is 24.9 Å². The van der Waals surface area contributed by atoms with Crippen LogP contribution in [-0.2, 0) is 4.79 Å². The van der Waals surface area contributed by atoms with Crippen molar-refractivity contribution >= 4 is 34.8 Å². The Hall–Kier alpha value is -1.07. The molecule has 1 saturated heterocycles. The highest BCUT2D eigenvalue weighted by Gasteiger charge is 2.49. The fraction of sp³-hybridized carbons (Fsp3) is 0.538. The lowest BCUT2D eigenvalue weighted by molar-refractivity contribution is -0.148. The standard InChI is InChI=1S/C13H16ClNO3S/c1-2-5-13(12(17)18)6-3-7-15(13)11(16)10-9(14)4-8-19-10/h4,8H,2-3,5-7H2,1H3,(H,17,18). The molecule has 104 valence electrons. The molecule has 2 heterocycles. The van der Waals surface area contributed by atoms with Gasteiger partial charge in [0.2, 0.25) is 0 Å². The number of amides is 1. The van der Waals surface area contributed by atoms with Gasteiger partial charge in [0.15, 0.2) is 0 Å². The Morgan fingerprint density at radius 3 is 2.84 bits per heavy atom. The average Bonchev–Trinajstić information content (AvgIpc) is 2.96.